The third-order valence-corrected chi connectivity index (χ3v) is 12.7. The molecule has 0 heterocycles. The Balaban J connectivity index is 4.41. The standard InChI is InChI=1S/C63H110O6/c1-4-7-10-13-16-19-22-25-27-29-31-33-35-38-41-44-47-50-53-56-62(65)68-59-60(58-67-61(64)55-52-49-46-43-40-37-24-21-18-15-12-9-6-3)69-63(66)57-54-51-48-45-42-39-36-34-32-30-28-26-23-20-17-14-11-8-5-2/h16-17,19-20,25-28,31-34,60H,4-15,18,21-24,29-30,35-59H2,1-3H3/b19-16-,20-17-,27-25-,28-26-,33-31-,34-32-. The van der Waals surface area contributed by atoms with Gasteiger partial charge in [0.25, 0.3) is 0 Å². The minimum atomic E-state index is -0.787. The lowest BCUT2D eigenvalue weighted by atomic mass is 10.0. The van der Waals surface area contributed by atoms with Gasteiger partial charge in [0.15, 0.2) is 6.10 Å². The topological polar surface area (TPSA) is 78.9 Å². The fraction of sp³-hybridized carbons (Fsp3) is 0.762. The zero-order valence-corrected chi connectivity index (χ0v) is 45.6. The van der Waals surface area contributed by atoms with Gasteiger partial charge in [0.1, 0.15) is 13.2 Å². The fourth-order valence-corrected chi connectivity index (χ4v) is 8.22. The zero-order chi connectivity index (χ0) is 50.0. The van der Waals surface area contributed by atoms with Gasteiger partial charge in [0.2, 0.25) is 0 Å². The second-order valence-electron chi connectivity index (χ2n) is 19.6. The van der Waals surface area contributed by atoms with Crippen molar-refractivity contribution in [1.29, 1.82) is 0 Å². The molecule has 1 atom stereocenters. The highest BCUT2D eigenvalue weighted by molar-refractivity contribution is 5.71. The van der Waals surface area contributed by atoms with Crippen molar-refractivity contribution in [1.82, 2.24) is 0 Å². The number of carbonyl (C=O) groups excluding carboxylic acids is 3. The fourth-order valence-electron chi connectivity index (χ4n) is 8.22. The Labute approximate surface area is 427 Å². The predicted octanol–water partition coefficient (Wildman–Crippen LogP) is 19.8. The molecule has 0 saturated heterocycles. The Bertz CT molecular complexity index is 1290. The average molecular weight is 964 g/mol. The third kappa shape index (κ3) is 55.6. The smallest absolute Gasteiger partial charge is 0.306 e. The average Bonchev–Trinajstić information content (AvgIpc) is 3.35. The molecule has 0 saturated carbocycles. The summed E-state index contributed by atoms with van der Waals surface area (Å²) in [6.07, 6.45) is 73.1. The van der Waals surface area contributed by atoms with Crippen LogP contribution in [0.2, 0.25) is 0 Å². The van der Waals surface area contributed by atoms with E-state index in [9.17, 15) is 14.4 Å². The molecule has 0 aliphatic rings. The quantitative estimate of drug-likeness (QED) is 0.0262. The first-order chi connectivity index (χ1) is 34.0. The van der Waals surface area contributed by atoms with Gasteiger partial charge >= 0.3 is 17.9 Å². The lowest BCUT2D eigenvalue weighted by Crippen LogP contribution is -2.30. The van der Waals surface area contributed by atoms with Crippen molar-refractivity contribution in [3.63, 3.8) is 0 Å². The maximum absolute atomic E-state index is 12.9. The molecule has 6 heteroatoms. The minimum Gasteiger partial charge on any atom is -0.462 e. The van der Waals surface area contributed by atoms with Crippen LogP contribution in [0.1, 0.15) is 290 Å². The number of esters is 3. The van der Waals surface area contributed by atoms with Gasteiger partial charge in [-0.3, -0.25) is 14.4 Å². The molecule has 0 spiro atoms. The maximum Gasteiger partial charge on any atom is 0.306 e. The Hall–Kier alpha value is -3.15. The molecular weight excluding hydrogens is 853 g/mol. The van der Waals surface area contributed by atoms with Crippen LogP contribution < -0.4 is 0 Å². The van der Waals surface area contributed by atoms with Crippen molar-refractivity contribution in [2.24, 2.45) is 0 Å². The highest BCUT2D eigenvalue weighted by Crippen LogP contribution is 2.15. The molecule has 69 heavy (non-hydrogen) atoms. The van der Waals surface area contributed by atoms with Crippen molar-refractivity contribution in [2.45, 2.75) is 297 Å². The lowest BCUT2D eigenvalue weighted by Gasteiger charge is -2.18. The number of allylic oxidation sites excluding steroid dienone is 12. The van der Waals surface area contributed by atoms with Crippen LogP contribution in [-0.2, 0) is 28.6 Å². The molecule has 0 aromatic rings. The summed E-state index contributed by atoms with van der Waals surface area (Å²) < 4.78 is 16.9. The molecule has 6 nitrogen and oxygen atoms in total. The summed E-state index contributed by atoms with van der Waals surface area (Å²) in [5.41, 5.74) is 0. The molecule has 0 rings (SSSR count). The van der Waals surface area contributed by atoms with E-state index in [1.807, 2.05) is 0 Å². The van der Waals surface area contributed by atoms with E-state index in [2.05, 4.69) is 93.7 Å². The molecule has 0 bridgehead atoms. The highest BCUT2D eigenvalue weighted by atomic mass is 16.6. The summed E-state index contributed by atoms with van der Waals surface area (Å²) in [7, 11) is 0. The van der Waals surface area contributed by atoms with Gasteiger partial charge in [-0.05, 0) is 96.3 Å². The van der Waals surface area contributed by atoms with Gasteiger partial charge in [0.05, 0.1) is 0 Å². The van der Waals surface area contributed by atoms with Gasteiger partial charge in [-0.15, -0.1) is 0 Å². The number of rotatable bonds is 53. The second kappa shape index (κ2) is 57.4. The van der Waals surface area contributed by atoms with Crippen LogP contribution in [0.3, 0.4) is 0 Å². The molecule has 0 radical (unpaired) electrons. The summed E-state index contributed by atoms with van der Waals surface area (Å²) in [6, 6.07) is 0. The van der Waals surface area contributed by atoms with Gasteiger partial charge in [-0.1, -0.05) is 248 Å². The van der Waals surface area contributed by atoms with Crippen LogP contribution in [-0.4, -0.2) is 37.2 Å². The van der Waals surface area contributed by atoms with E-state index in [-0.39, 0.29) is 31.1 Å². The van der Waals surface area contributed by atoms with E-state index in [1.54, 1.807) is 0 Å². The van der Waals surface area contributed by atoms with E-state index in [0.29, 0.717) is 19.3 Å². The summed E-state index contributed by atoms with van der Waals surface area (Å²) >= 11 is 0. The molecule has 0 aliphatic carbocycles. The van der Waals surface area contributed by atoms with E-state index < -0.39 is 6.10 Å². The molecule has 0 N–H and O–H groups in total. The first kappa shape index (κ1) is 65.8. The molecule has 0 amide bonds. The summed E-state index contributed by atoms with van der Waals surface area (Å²) in [5.74, 6) is -0.899. The van der Waals surface area contributed by atoms with E-state index >= 15 is 0 Å². The van der Waals surface area contributed by atoms with Crippen LogP contribution in [0.15, 0.2) is 72.9 Å². The van der Waals surface area contributed by atoms with Gasteiger partial charge in [0, 0.05) is 19.3 Å². The first-order valence-electron chi connectivity index (χ1n) is 29.4. The Kier molecular flexibility index (Phi) is 54.8. The number of hydrogen-bond acceptors (Lipinski definition) is 6. The highest BCUT2D eigenvalue weighted by Gasteiger charge is 2.19. The Morgan fingerprint density at radius 3 is 0.841 bits per heavy atom. The maximum atomic E-state index is 12.9. The molecule has 0 aromatic carbocycles. The summed E-state index contributed by atoms with van der Waals surface area (Å²) in [5, 5.41) is 0. The third-order valence-electron chi connectivity index (χ3n) is 12.7. The van der Waals surface area contributed by atoms with Crippen molar-refractivity contribution in [3.05, 3.63) is 72.9 Å². The normalized spacial score (nSPS) is 12.6. The largest absolute Gasteiger partial charge is 0.462 e. The zero-order valence-electron chi connectivity index (χ0n) is 45.6. The van der Waals surface area contributed by atoms with E-state index in [4.69, 9.17) is 14.2 Å². The molecule has 0 aliphatic heterocycles. The van der Waals surface area contributed by atoms with Crippen LogP contribution >= 0.6 is 0 Å². The molecule has 0 aromatic heterocycles. The van der Waals surface area contributed by atoms with Crippen LogP contribution in [0.25, 0.3) is 0 Å². The van der Waals surface area contributed by atoms with Crippen molar-refractivity contribution >= 4 is 17.9 Å². The predicted molar refractivity (Wildman–Crippen MR) is 298 cm³/mol. The van der Waals surface area contributed by atoms with Crippen molar-refractivity contribution in [2.75, 3.05) is 13.2 Å². The first-order valence-corrected chi connectivity index (χ1v) is 29.4. The minimum absolute atomic E-state index is 0.0830. The van der Waals surface area contributed by atoms with Crippen LogP contribution in [0.5, 0.6) is 0 Å². The molecular formula is C63H110O6. The number of ether oxygens (including phenoxy) is 3. The Morgan fingerprint density at radius 2 is 0.522 bits per heavy atom. The van der Waals surface area contributed by atoms with Gasteiger partial charge in [-0.25, -0.2) is 0 Å². The molecule has 0 fully saturated rings. The number of carbonyl (C=O) groups is 3. The lowest BCUT2D eigenvalue weighted by molar-refractivity contribution is -0.167. The monoisotopic (exact) mass is 963 g/mol. The Morgan fingerprint density at radius 1 is 0.290 bits per heavy atom. The van der Waals surface area contributed by atoms with Crippen molar-refractivity contribution in [3.8, 4) is 0 Å². The SMILES string of the molecule is CCCCC/C=C\C/C=C\C/C=C\CCCCCCCCC(=O)OCC(COC(=O)CCCCCCCCCCCCCCC)OC(=O)CCCCCCCC/C=C\C/C=C\C/C=C\CCCCC. The summed E-state index contributed by atoms with van der Waals surface area (Å²) in [4.78, 5) is 38.2. The van der Waals surface area contributed by atoms with E-state index in [0.717, 1.165) is 103 Å². The van der Waals surface area contributed by atoms with E-state index in [1.165, 1.54) is 148 Å². The second-order valence-corrected chi connectivity index (χ2v) is 19.6. The molecule has 398 valence electrons. The summed E-state index contributed by atoms with van der Waals surface area (Å²) in [6.45, 7) is 6.58. The molecule has 1 unspecified atom stereocenters. The van der Waals surface area contributed by atoms with Crippen LogP contribution in [0.4, 0.5) is 0 Å². The van der Waals surface area contributed by atoms with Gasteiger partial charge < -0.3 is 14.2 Å². The van der Waals surface area contributed by atoms with Gasteiger partial charge in [-0.2, -0.15) is 0 Å². The van der Waals surface area contributed by atoms with Crippen LogP contribution in [0, 0.1) is 0 Å². The number of unbranched alkanes of at least 4 members (excludes halogenated alkanes) is 30. The number of hydrogen-bond donors (Lipinski definition) is 0. The van der Waals surface area contributed by atoms with Crippen molar-refractivity contribution < 1.29 is 28.6 Å².